The van der Waals surface area contributed by atoms with E-state index in [-0.39, 0.29) is 47.1 Å². The molecule has 4 aromatic rings. The minimum absolute atomic E-state index is 0.0122. The van der Waals surface area contributed by atoms with Crippen LogP contribution in [-0.4, -0.2) is 100 Å². The molecule has 3 N–H and O–H groups in total. The zero-order valence-electron chi connectivity index (χ0n) is 29.2. The maximum atomic E-state index is 17.0. The fourth-order valence-corrected chi connectivity index (χ4v) is 9.76. The number of halogens is 2. The van der Waals surface area contributed by atoms with Crippen LogP contribution in [0, 0.1) is 17.0 Å². The largest absolute Gasteiger partial charge is 0.508 e. The van der Waals surface area contributed by atoms with Crippen molar-refractivity contribution in [3.05, 3.63) is 47.7 Å². The predicted octanol–water partition coefficient (Wildman–Crippen LogP) is 6.00. The number of aromatic hydroxyl groups is 1. The Morgan fingerprint density at radius 3 is 2.80 bits per heavy atom. The van der Waals surface area contributed by atoms with Crippen molar-refractivity contribution in [1.29, 1.82) is 0 Å². The predicted molar refractivity (Wildman–Crippen MR) is 195 cm³/mol. The number of benzene rings is 2. The summed E-state index contributed by atoms with van der Waals surface area (Å²) in [6.07, 6.45) is 11.0. The summed E-state index contributed by atoms with van der Waals surface area (Å²) in [5.41, 5.74) is 0.621. The molecule has 13 heteroatoms. The van der Waals surface area contributed by atoms with E-state index in [1.165, 1.54) is 18.3 Å². The zero-order valence-corrected chi connectivity index (χ0v) is 30.0. The first-order chi connectivity index (χ1) is 24.8. The SMILES string of the molecule is CCc1c(F)ccc2cc(O)cc(-c3ncc4c(N5CCOCC(O)C5)nc(OCC56CCCC5N(C5CC(NSC)C5)CCC6)nc4c3F)c12. The molecule has 51 heavy (non-hydrogen) atoms. The smallest absolute Gasteiger partial charge is 0.319 e. The molecule has 0 bridgehead atoms. The highest BCUT2D eigenvalue weighted by atomic mass is 32.2. The number of aliphatic hydroxyl groups is 1. The lowest BCUT2D eigenvalue weighted by atomic mass is 9.73. The van der Waals surface area contributed by atoms with Gasteiger partial charge in [-0.05, 0) is 92.3 Å². The molecule has 0 radical (unpaired) electrons. The number of aryl methyl sites for hydroxylation is 1. The fourth-order valence-electron chi connectivity index (χ4n) is 9.24. The molecule has 3 unspecified atom stereocenters. The average molecular weight is 721 g/mol. The first-order valence-electron chi connectivity index (χ1n) is 18.3. The van der Waals surface area contributed by atoms with Crippen LogP contribution in [0.2, 0.25) is 0 Å². The number of β-amino-alcohol motifs (C(OH)–C–C–N with tert-alkyl or cyclic N) is 1. The van der Waals surface area contributed by atoms with Crippen molar-refractivity contribution in [1.82, 2.24) is 24.6 Å². The second-order valence-corrected chi connectivity index (χ2v) is 15.3. The Labute approximate surface area is 301 Å². The van der Waals surface area contributed by atoms with Gasteiger partial charge < -0.3 is 24.6 Å². The molecule has 0 amide bonds. The van der Waals surface area contributed by atoms with E-state index < -0.39 is 17.7 Å². The van der Waals surface area contributed by atoms with E-state index in [1.54, 1.807) is 24.1 Å². The van der Waals surface area contributed by atoms with Gasteiger partial charge in [-0.25, -0.2) is 8.78 Å². The third-order valence-corrected chi connectivity index (χ3v) is 12.2. The van der Waals surface area contributed by atoms with E-state index in [4.69, 9.17) is 19.4 Å². The maximum Gasteiger partial charge on any atom is 0.319 e. The van der Waals surface area contributed by atoms with Gasteiger partial charge in [0.1, 0.15) is 28.6 Å². The highest BCUT2D eigenvalue weighted by Crippen LogP contribution is 2.50. The highest BCUT2D eigenvalue weighted by molar-refractivity contribution is 7.96. The molecule has 2 aliphatic heterocycles. The second-order valence-electron chi connectivity index (χ2n) is 14.7. The molecule has 10 nitrogen and oxygen atoms in total. The monoisotopic (exact) mass is 720 g/mol. The van der Waals surface area contributed by atoms with Gasteiger partial charge in [0.15, 0.2) is 5.82 Å². The topological polar surface area (TPSA) is 116 Å². The lowest BCUT2D eigenvalue weighted by molar-refractivity contribution is -0.0450. The Morgan fingerprint density at radius 2 is 1.98 bits per heavy atom. The Bertz CT molecular complexity index is 1930. The lowest BCUT2D eigenvalue weighted by Crippen LogP contribution is -2.60. The number of pyridine rings is 1. The van der Waals surface area contributed by atoms with Crippen LogP contribution in [0.4, 0.5) is 14.6 Å². The van der Waals surface area contributed by atoms with E-state index in [0.29, 0.717) is 71.8 Å². The van der Waals surface area contributed by atoms with Crippen LogP contribution in [0.25, 0.3) is 32.9 Å². The van der Waals surface area contributed by atoms with Crippen LogP contribution in [0.15, 0.2) is 30.5 Å². The minimum atomic E-state index is -0.761. The molecule has 4 heterocycles. The number of hydrogen-bond donors (Lipinski definition) is 3. The molecule has 4 aliphatic rings. The molecular formula is C38H46F2N6O4S. The number of phenols is 1. The van der Waals surface area contributed by atoms with Gasteiger partial charge in [0.2, 0.25) is 0 Å². The third kappa shape index (κ3) is 6.39. The summed E-state index contributed by atoms with van der Waals surface area (Å²) in [6, 6.07) is 7.54. The van der Waals surface area contributed by atoms with Gasteiger partial charge in [-0.1, -0.05) is 31.4 Å². The second kappa shape index (κ2) is 14.2. The molecule has 272 valence electrons. The molecule has 4 fully saturated rings. The first-order valence-corrected chi connectivity index (χ1v) is 19.5. The summed E-state index contributed by atoms with van der Waals surface area (Å²) >= 11 is 1.69. The van der Waals surface area contributed by atoms with Crippen molar-refractivity contribution in [2.45, 2.75) is 82.5 Å². The van der Waals surface area contributed by atoms with Crippen LogP contribution in [0.1, 0.15) is 57.4 Å². The number of aliphatic hydroxyl groups excluding tert-OH is 1. The average Bonchev–Trinajstić information content (AvgIpc) is 3.43. The minimum Gasteiger partial charge on any atom is -0.508 e. The number of aromatic nitrogens is 3. The standard InChI is InChI=1S/C38H46F2N6O4S/c1-3-27-30(39)8-7-22-14-25(47)17-28(32(22)27)34-33(40)35-29(18-41-34)36(45-12-13-49-20-26(48)19-45)43-37(42-35)50-21-38-9-4-6-31(38)46(11-5-10-38)24-15-23(16-24)44-51-2/h7-8,14,17-18,23-24,26,31,44,47-48H,3-6,9-13,15-16,19-21H2,1-2H3. The highest BCUT2D eigenvalue weighted by Gasteiger charge is 2.51. The number of rotatable bonds is 9. The van der Waals surface area contributed by atoms with Crippen molar-refractivity contribution < 1.29 is 28.5 Å². The van der Waals surface area contributed by atoms with Gasteiger partial charge in [-0.2, -0.15) is 9.97 Å². The van der Waals surface area contributed by atoms with E-state index in [1.807, 2.05) is 11.8 Å². The molecule has 2 saturated carbocycles. The summed E-state index contributed by atoms with van der Waals surface area (Å²) in [6.45, 7) is 4.59. The summed E-state index contributed by atoms with van der Waals surface area (Å²) < 4.78 is 47.8. The van der Waals surface area contributed by atoms with Crippen LogP contribution < -0.4 is 14.4 Å². The fraction of sp³-hybridized carbons (Fsp3) is 0.553. The normalized spacial score (nSPS) is 27.0. The zero-order chi connectivity index (χ0) is 35.3. The van der Waals surface area contributed by atoms with Gasteiger partial charge in [-0.3, -0.25) is 14.6 Å². The number of hydrogen-bond acceptors (Lipinski definition) is 11. The molecular weight excluding hydrogens is 675 g/mol. The van der Waals surface area contributed by atoms with Crippen molar-refractivity contribution in [3.63, 3.8) is 0 Å². The van der Waals surface area contributed by atoms with Gasteiger partial charge in [0.05, 0.1) is 31.3 Å². The van der Waals surface area contributed by atoms with Crippen LogP contribution in [0.3, 0.4) is 0 Å². The number of phenolic OH excluding ortho intramolecular Hbond substituents is 1. The molecule has 0 spiro atoms. The van der Waals surface area contributed by atoms with Gasteiger partial charge in [0.25, 0.3) is 0 Å². The number of piperidine rings is 1. The molecule has 2 aromatic carbocycles. The van der Waals surface area contributed by atoms with E-state index in [0.717, 1.165) is 51.5 Å². The summed E-state index contributed by atoms with van der Waals surface area (Å²) in [4.78, 5) is 18.7. The number of nitrogens with zero attached hydrogens (tertiary/aromatic N) is 5. The molecule has 3 atom stereocenters. The van der Waals surface area contributed by atoms with Crippen molar-refractivity contribution >= 4 is 39.4 Å². The number of ether oxygens (including phenoxy) is 2. The lowest BCUT2D eigenvalue weighted by Gasteiger charge is -2.53. The summed E-state index contributed by atoms with van der Waals surface area (Å²) in [5, 5.41) is 22.7. The molecule has 2 aromatic heterocycles. The van der Waals surface area contributed by atoms with Crippen molar-refractivity contribution in [3.8, 4) is 23.0 Å². The van der Waals surface area contributed by atoms with Gasteiger partial charge >= 0.3 is 6.01 Å². The van der Waals surface area contributed by atoms with E-state index in [2.05, 4.69) is 20.9 Å². The van der Waals surface area contributed by atoms with Crippen LogP contribution in [0.5, 0.6) is 11.8 Å². The Balaban J connectivity index is 1.19. The Morgan fingerprint density at radius 1 is 1.14 bits per heavy atom. The van der Waals surface area contributed by atoms with Crippen LogP contribution in [-0.2, 0) is 11.2 Å². The van der Waals surface area contributed by atoms with Crippen molar-refractivity contribution in [2.24, 2.45) is 5.41 Å². The van der Waals surface area contributed by atoms with E-state index >= 15 is 8.78 Å². The number of likely N-dealkylation sites (tertiary alicyclic amines) is 1. The quantitative estimate of drug-likeness (QED) is 0.177. The molecule has 2 saturated heterocycles. The molecule has 2 aliphatic carbocycles. The van der Waals surface area contributed by atoms with Gasteiger partial charge in [-0.15, -0.1) is 0 Å². The third-order valence-electron chi connectivity index (χ3n) is 11.7. The Kier molecular flexibility index (Phi) is 9.68. The van der Waals surface area contributed by atoms with Crippen LogP contribution >= 0.6 is 11.9 Å². The number of fused-ring (bicyclic) bond motifs is 3. The maximum absolute atomic E-state index is 17.0. The van der Waals surface area contributed by atoms with Crippen molar-refractivity contribution in [2.75, 3.05) is 50.6 Å². The summed E-state index contributed by atoms with van der Waals surface area (Å²) in [5.74, 6) is -0.792. The van der Waals surface area contributed by atoms with E-state index in [9.17, 15) is 10.2 Å². The first kappa shape index (κ1) is 34.7. The number of nitrogens with one attached hydrogen (secondary N) is 1. The van der Waals surface area contributed by atoms with Gasteiger partial charge in [0, 0.05) is 48.4 Å². The summed E-state index contributed by atoms with van der Waals surface area (Å²) in [7, 11) is 0. The Hall–Kier alpha value is -3.36. The molecule has 8 rings (SSSR count). The number of anilines is 1.